The summed E-state index contributed by atoms with van der Waals surface area (Å²) in [5.74, 6) is 2.40. The van der Waals surface area contributed by atoms with Gasteiger partial charge in [0.2, 0.25) is 0 Å². The number of amides is 2. The number of nitrogens with two attached hydrogens (primary N) is 1. The Balaban J connectivity index is 1.51. The summed E-state index contributed by atoms with van der Waals surface area (Å²) in [4.78, 5) is 12.1. The lowest BCUT2D eigenvalue weighted by Gasteiger charge is -2.28. The first-order chi connectivity index (χ1) is 10.2. The lowest BCUT2D eigenvalue weighted by Crippen LogP contribution is -2.42. The van der Waals surface area contributed by atoms with Gasteiger partial charge >= 0.3 is 6.03 Å². The van der Waals surface area contributed by atoms with Gasteiger partial charge in [0.25, 0.3) is 0 Å². The normalized spacial score (nSPS) is 28.4. The molecule has 4 nitrogen and oxygen atoms in total. The topological polar surface area (TPSA) is 67.2 Å². The van der Waals surface area contributed by atoms with E-state index in [1.54, 1.807) is 0 Å². The minimum Gasteiger partial charge on any atom is -0.335 e. The molecule has 0 aliphatic heterocycles. The van der Waals surface area contributed by atoms with Gasteiger partial charge in [-0.15, -0.1) is 0 Å². The molecule has 0 heterocycles. The molecule has 0 spiro atoms. The van der Waals surface area contributed by atoms with Crippen LogP contribution in [0.4, 0.5) is 10.5 Å². The first-order valence-electron chi connectivity index (χ1n) is 8.02. The molecule has 21 heavy (non-hydrogen) atoms. The number of hydrogen-bond donors (Lipinski definition) is 3. The van der Waals surface area contributed by atoms with Crippen molar-refractivity contribution in [2.24, 2.45) is 23.5 Å². The summed E-state index contributed by atoms with van der Waals surface area (Å²) < 4.78 is 0. The van der Waals surface area contributed by atoms with Crippen LogP contribution in [0.2, 0.25) is 0 Å². The van der Waals surface area contributed by atoms with Gasteiger partial charge in [-0.2, -0.15) is 0 Å². The fourth-order valence-corrected chi connectivity index (χ4v) is 4.11. The predicted molar refractivity (Wildman–Crippen MR) is 84.9 cm³/mol. The van der Waals surface area contributed by atoms with E-state index in [0.29, 0.717) is 12.5 Å². The van der Waals surface area contributed by atoms with E-state index < -0.39 is 0 Å². The Labute approximate surface area is 126 Å². The number of hydrogen-bond acceptors (Lipinski definition) is 2. The molecule has 1 aromatic rings. The van der Waals surface area contributed by atoms with E-state index in [9.17, 15) is 4.79 Å². The van der Waals surface area contributed by atoms with Crippen LogP contribution in [-0.4, -0.2) is 12.1 Å². The van der Waals surface area contributed by atoms with Crippen molar-refractivity contribution >= 4 is 11.7 Å². The molecule has 4 unspecified atom stereocenters. The van der Waals surface area contributed by atoms with E-state index in [1.165, 1.54) is 25.7 Å². The number of nitrogens with one attached hydrogen (secondary N) is 2. The zero-order valence-corrected chi connectivity index (χ0v) is 12.6. The lowest BCUT2D eigenvalue weighted by atomic mass is 9.84. The molecule has 114 valence electrons. The van der Waals surface area contributed by atoms with E-state index in [4.69, 9.17) is 5.73 Å². The number of carbonyl (C=O) groups is 1. The standard InChI is InChI=1S/C17H25N3O/c1-11(16-9-13-2-5-14(16)8-13)19-17(21)20-15-6-3-12(10-18)4-7-15/h3-4,6-7,11,13-14,16H,2,5,8-10,18H2,1H3,(H2,19,20,21). The third-order valence-corrected chi connectivity index (χ3v) is 5.24. The Kier molecular flexibility index (Phi) is 4.15. The van der Waals surface area contributed by atoms with Crippen molar-refractivity contribution in [3.8, 4) is 0 Å². The van der Waals surface area contributed by atoms with Crippen LogP contribution in [0.15, 0.2) is 24.3 Å². The van der Waals surface area contributed by atoms with E-state index in [2.05, 4.69) is 17.6 Å². The molecule has 4 N–H and O–H groups in total. The maximum atomic E-state index is 12.1. The summed E-state index contributed by atoms with van der Waals surface area (Å²) in [5, 5.41) is 6.01. The lowest BCUT2D eigenvalue weighted by molar-refractivity contribution is 0.230. The van der Waals surface area contributed by atoms with Crippen LogP contribution in [0.5, 0.6) is 0 Å². The van der Waals surface area contributed by atoms with E-state index in [0.717, 1.165) is 23.1 Å². The molecule has 2 aliphatic rings. The highest BCUT2D eigenvalue weighted by atomic mass is 16.2. The molecule has 2 fully saturated rings. The van der Waals surface area contributed by atoms with Crippen molar-refractivity contribution in [1.29, 1.82) is 0 Å². The summed E-state index contributed by atoms with van der Waals surface area (Å²) >= 11 is 0. The summed E-state index contributed by atoms with van der Waals surface area (Å²) in [6.45, 7) is 2.66. The SMILES string of the molecule is CC(NC(=O)Nc1ccc(CN)cc1)C1CC2CCC1C2. The van der Waals surface area contributed by atoms with E-state index >= 15 is 0 Å². The molecule has 2 saturated carbocycles. The molecule has 0 saturated heterocycles. The van der Waals surface area contributed by atoms with Crippen LogP contribution in [0.1, 0.15) is 38.2 Å². The number of benzene rings is 1. The summed E-state index contributed by atoms with van der Waals surface area (Å²) in [6.07, 6.45) is 5.41. The second-order valence-corrected chi connectivity index (χ2v) is 6.63. The van der Waals surface area contributed by atoms with Gasteiger partial charge in [0.15, 0.2) is 0 Å². The predicted octanol–water partition coefficient (Wildman–Crippen LogP) is 3.09. The Bertz CT molecular complexity index is 499. The zero-order valence-electron chi connectivity index (χ0n) is 12.6. The maximum Gasteiger partial charge on any atom is 0.319 e. The molecular weight excluding hydrogens is 262 g/mol. The van der Waals surface area contributed by atoms with Crippen LogP contribution in [0.3, 0.4) is 0 Å². The Morgan fingerprint density at radius 2 is 2.05 bits per heavy atom. The third kappa shape index (κ3) is 3.21. The van der Waals surface area contributed by atoms with Gasteiger partial charge in [0.05, 0.1) is 0 Å². The fourth-order valence-electron chi connectivity index (χ4n) is 4.11. The smallest absolute Gasteiger partial charge is 0.319 e. The van der Waals surface area contributed by atoms with Crippen molar-refractivity contribution in [1.82, 2.24) is 5.32 Å². The second-order valence-electron chi connectivity index (χ2n) is 6.63. The maximum absolute atomic E-state index is 12.1. The van der Waals surface area contributed by atoms with Crippen molar-refractivity contribution in [3.05, 3.63) is 29.8 Å². The average Bonchev–Trinajstić information content (AvgIpc) is 3.10. The van der Waals surface area contributed by atoms with Gasteiger partial charge in [0.1, 0.15) is 0 Å². The largest absolute Gasteiger partial charge is 0.335 e. The number of rotatable bonds is 4. The van der Waals surface area contributed by atoms with Crippen LogP contribution in [0.25, 0.3) is 0 Å². The molecule has 4 atom stereocenters. The number of urea groups is 1. The highest BCUT2D eigenvalue weighted by Crippen LogP contribution is 2.49. The quantitative estimate of drug-likeness (QED) is 0.796. The first kappa shape index (κ1) is 14.4. The van der Waals surface area contributed by atoms with Crippen molar-refractivity contribution < 1.29 is 4.79 Å². The third-order valence-electron chi connectivity index (χ3n) is 5.24. The molecule has 4 heteroatoms. The van der Waals surface area contributed by atoms with Crippen LogP contribution < -0.4 is 16.4 Å². The highest BCUT2D eigenvalue weighted by molar-refractivity contribution is 5.89. The number of fused-ring (bicyclic) bond motifs is 2. The van der Waals surface area contributed by atoms with Gasteiger partial charge in [-0.25, -0.2) is 4.79 Å². The fraction of sp³-hybridized carbons (Fsp3) is 0.588. The van der Waals surface area contributed by atoms with Gasteiger partial charge in [0, 0.05) is 18.3 Å². The van der Waals surface area contributed by atoms with Crippen molar-refractivity contribution in [2.45, 2.75) is 45.2 Å². The minimum absolute atomic E-state index is 0.106. The Morgan fingerprint density at radius 3 is 2.62 bits per heavy atom. The summed E-state index contributed by atoms with van der Waals surface area (Å²) in [6, 6.07) is 7.81. The molecule has 0 radical (unpaired) electrons. The molecule has 2 aliphatic carbocycles. The van der Waals surface area contributed by atoms with E-state index in [-0.39, 0.29) is 12.1 Å². The second kappa shape index (κ2) is 6.06. The molecule has 2 bridgehead atoms. The van der Waals surface area contributed by atoms with Crippen molar-refractivity contribution in [3.63, 3.8) is 0 Å². The monoisotopic (exact) mass is 287 g/mol. The molecule has 0 aromatic heterocycles. The molecule has 3 rings (SSSR count). The van der Waals surface area contributed by atoms with Crippen LogP contribution >= 0.6 is 0 Å². The molecule has 1 aromatic carbocycles. The number of anilines is 1. The van der Waals surface area contributed by atoms with Gasteiger partial charge in [-0.1, -0.05) is 18.6 Å². The van der Waals surface area contributed by atoms with Crippen LogP contribution in [-0.2, 0) is 6.54 Å². The highest BCUT2D eigenvalue weighted by Gasteiger charge is 2.42. The summed E-state index contributed by atoms with van der Waals surface area (Å²) in [7, 11) is 0. The van der Waals surface area contributed by atoms with Gasteiger partial charge in [-0.05, 0) is 61.6 Å². The van der Waals surface area contributed by atoms with E-state index in [1.807, 2.05) is 24.3 Å². The van der Waals surface area contributed by atoms with Gasteiger partial charge in [-0.3, -0.25) is 0 Å². The average molecular weight is 287 g/mol. The Hall–Kier alpha value is -1.55. The first-order valence-corrected chi connectivity index (χ1v) is 8.02. The summed E-state index contributed by atoms with van der Waals surface area (Å²) in [5.41, 5.74) is 7.44. The molecular formula is C17H25N3O. The molecule has 2 amide bonds. The van der Waals surface area contributed by atoms with Gasteiger partial charge < -0.3 is 16.4 Å². The number of carbonyl (C=O) groups excluding carboxylic acids is 1. The minimum atomic E-state index is -0.106. The van der Waals surface area contributed by atoms with Crippen LogP contribution in [0, 0.1) is 17.8 Å². The zero-order chi connectivity index (χ0) is 14.8. The Morgan fingerprint density at radius 1 is 1.29 bits per heavy atom. The van der Waals surface area contributed by atoms with Crippen molar-refractivity contribution in [2.75, 3.05) is 5.32 Å².